The molecule has 3 aromatic rings. The summed E-state index contributed by atoms with van der Waals surface area (Å²) >= 11 is 0. The smallest absolute Gasteiger partial charge is 0.379 e. The van der Waals surface area contributed by atoms with Gasteiger partial charge in [-0.25, -0.2) is 4.39 Å². The highest BCUT2D eigenvalue weighted by molar-refractivity contribution is 5.98. The van der Waals surface area contributed by atoms with Crippen LogP contribution in [0.3, 0.4) is 0 Å². The molecule has 0 spiro atoms. The second-order valence-electron chi connectivity index (χ2n) is 7.38. The zero-order chi connectivity index (χ0) is 22.0. The van der Waals surface area contributed by atoms with Gasteiger partial charge in [-0.2, -0.15) is 13.2 Å². The lowest BCUT2D eigenvalue weighted by molar-refractivity contribution is -0.137. The summed E-state index contributed by atoms with van der Waals surface area (Å²) in [5, 5.41) is 3.14. The van der Waals surface area contributed by atoms with Crippen LogP contribution in [-0.2, 0) is 10.9 Å². The Hall–Kier alpha value is -2.91. The molecule has 2 aromatic carbocycles. The molecule has 4 rings (SSSR count). The van der Waals surface area contributed by atoms with Crippen LogP contribution in [0.2, 0.25) is 0 Å². The van der Waals surface area contributed by atoms with Crippen molar-refractivity contribution in [2.24, 2.45) is 0 Å². The van der Waals surface area contributed by atoms with Gasteiger partial charge in [-0.05, 0) is 35.9 Å². The van der Waals surface area contributed by atoms with Crippen LogP contribution in [0.5, 0.6) is 0 Å². The lowest BCUT2D eigenvalue weighted by Crippen LogP contribution is -2.43. The Morgan fingerprint density at radius 2 is 1.84 bits per heavy atom. The fourth-order valence-corrected chi connectivity index (χ4v) is 3.77. The number of benzene rings is 2. The minimum atomic E-state index is -4.41. The molecule has 9 heteroatoms. The van der Waals surface area contributed by atoms with Gasteiger partial charge in [0, 0.05) is 30.5 Å². The summed E-state index contributed by atoms with van der Waals surface area (Å²) in [6, 6.07) is 10.6. The molecule has 5 nitrogen and oxygen atoms in total. The molecule has 2 N–H and O–H groups in total. The normalized spacial score (nSPS) is 16.4. The molecule has 1 unspecified atom stereocenters. The van der Waals surface area contributed by atoms with Crippen molar-refractivity contribution in [2.45, 2.75) is 12.2 Å². The van der Waals surface area contributed by atoms with E-state index in [0.29, 0.717) is 42.8 Å². The average molecular weight is 435 g/mol. The van der Waals surface area contributed by atoms with Crippen molar-refractivity contribution in [3.05, 3.63) is 71.2 Å². The molecule has 0 saturated carbocycles. The molecule has 0 radical (unpaired) electrons. The van der Waals surface area contributed by atoms with Gasteiger partial charge >= 0.3 is 6.18 Å². The number of morpholine rings is 1. The second-order valence-corrected chi connectivity index (χ2v) is 7.38. The molecule has 1 aliphatic heterocycles. The number of nitrogens with one attached hydrogen (secondary N) is 2. The van der Waals surface area contributed by atoms with E-state index in [2.05, 4.69) is 15.2 Å². The first kappa shape index (κ1) is 21.3. The standard InChI is InChI=1S/C22H21F4N3O2/c23-17-2-1-3-18-16(17)12-19(28-18)21(30)27-13-20(29-8-10-31-11-9-29)14-4-6-15(7-5-14)22(24,25)26/h1-7,12,20,28H,8-11,13H2,(H,27,30). The Kier molecular flexibility index (Phi) is 5.97. The van der Waals surface area contributed by atoms with Crippen molar-refractivity contribution in [1.82, 2.24) is 15.2 Å². The fourth-order valence-electron chi connectivity index (χ4n) is 3.77. The summed E-state index contributed by atoms with van der Waals surface area (Å²) < 4.78 is 58.0. The molecule has 31 heavy (non-hydrogen) atoms. The van der Waals surface area contributed by atoms with Gasteiger partial charge in [0.15, 0.2) is 0 Å². The number of alkyl halides is 3. The summed E-state index contributed by atoms with van der Waals surface area (Å²) in [7, 11) is 0. The molecule has 2 heterocycles. The Labute approximate surface area is 176 Å². The number of amides is 1. The number of ether oxygens (including phenoxy) is 1. The van der Waals surface area contributed by atoms with Crippen LogP contribution in [0, 0.1) is 5.82 Å². The van der Waals surface area contributed by atoms with Gasteiger partial charge in [-0.3, -0.25) is 9.69 Å². The molecule has 1 aliphatic rings. The number of carbonyl (C=O) groups excluding carboxylic acids is 1. The quantitative estimate of drug-likeness (QED) is 0.593. The number of fused-ring (bicyclic) bond motifs is 1. The molecule has 1 amide bonds. The first-order valence-corrected chi connectivity index (χ1v) is 9.87. The van der Waals surface area contributed by atoms with Gasteiger partial charge in [0.1, 0.15) is 11.5 Å². The third-order valence-electron chi connectivity index (χ3n) is 5.42. The monoisotopic (exact) mass is 435 g/mol. The van der Waals surface area contributed by atoms with Gasteiger partial charge < -0.3 is 15.0 Å². The fraction of sp³-hybridized carbons (Fsp3) is 0.318. The third kappa shape index (κ3) is 4.72. The van der Waals surface area contributed by atoms with Crippen LogP contribution >= 0.6 is 0 Å². The Bertz CT molecular complexity index is 1060. The largest absolute Gasteiger partial charge is 0.416 e. The lowest BCUT2D eigenvalue weighted by atomic mass is 10.0. The molecule has 1 saturated heterocycles. The zero-order valence-electron chi connectivity index (χ0n) is 16.5. The summed E-state index contributed by atoms with van der Waals surface area (Å²) in [6.07, 6.45) is -4.41. The number of hydrogen-bond donors (Lipinski definition) is 2. The van der Waals surface area contributed by atoms with E-state index < -0.39 is 23.5 Å². The van der Waals surface area contributed by atoms with Gasteiger partial charge in [-0.15, -0.1) is 0 Å². The van der Waals surface area contributed by atoms with E-state index in [0.717, 1.165) is 12.1 Å². The predicted octanol–water partition coefficient (Wildman–Crippen LogP) is 4.13. The van der Waals surface area contributed by atoms with E-state index in [-0.39, 0.29) is 18.3 Å². The van der Waals surface area contributed by atoms with E-state index in [1.807, 2.05) is 0 Å². The van der Waals surface area contributed by atoms with E-state index in [1.165, 1.54) is 24.3 Å². The average Bonchev–Trinajstić information content (AvgIpc) is 3.20. The van der Waals surface area contributed by atoms with Crippen LogP contribution in [0.4, 0.5) is 17.6 Å². The first-order chi connectivity index (χ1) is 14.8. The van der Waals surface area contributed by atoms with Gasteiger partial charge in [0.05, 0.1) is 24.8 Å². The lowest BCUT2D eigenvalue weighted by Gasteiger charge is -2.35. The first-order valence-electron chi connectivity index (χ1n) is 9.87. The second kappa shape index (κ2) is 8.68. The molecule has 1 atom stereocenters. The van der Waals surface area contributed by atoms with Gasteiger partial charge in [0.2, 0.25) is 0 Å². The highest BCUT2D eigenvalue weighted by Crippen LogP contribution is 2.31. The van der Waals surface area contributed by atoms with Crippen molar-refractivity contribution in [2.75, 3.05) is 32.8 Å². The van der Waals surface area contributed by atoms with Crippen LogP contribution < -0.4 is 5.32 Å². The summed E-state index contributed by atoms with van der Waals surface area (Å²) in [6.45, 7) is 2.39. The van der Waals surface area contributed by atoms with Crippen molar-refractivity contribution in [3.63, 3.8) is 0 Å². The van der Waals surface area contributed by atoms with E-state index in [1.54, 1.807) is 12.1 Å². The minimum absolute atomic E-state index is 0.183. The van der Waals surface area contributed by atoms with Crippen molar-refractivity contribution < 1.29 is 27.1 Å². The number of H-pyrrole nitrogens is 1. The summed E-state index contributed by atoms with van der Waals surface area (Å²) in [5.74, 6) is -0.843. The molecular weight excluding hydrogens is 414 g/mol. The maximum absolute atomic E-state index is 13.9. The number of nitrogens with zero attached hydrogens (tertiary/aromatic N) is 1. The topological polar surface area (TPSA) is 57.4 Å². The highest BCUT2D eigenvalue weighted by Gasteiger charge is 2.31. The van der Waals surface area contributed by atoms with E-state index in [4.69, 9.17) is 4.74 Å². The Balaban J connectivity index is 1.53. The molecular formula is C22H21F4N3O2. The molecule has 1 fully saturated rings. The predicted molar refractivity (Wildman–Crippen MR) is 107 cm³/mol. The van der Waals surface area contributed by atoms with Crippen molar-refractivity contribution in [3.8, 4) is 0 Å². The highest BCUT2D eigenvalue weighted by atomic mass is 19.4. The van der Waals surface area contributed by atoms with Crippen LogP contribution in [0.15, 0.2) is 48.5 Å². The maximum atomic E-state index is 13.9. The summed E-state index contributed by atoms with van der Waals surface area (Å²) in [4.78, 5) is 17.6. The number of aromatic amines is 1. The van der Waals surface area contributed by atoms with E-state index >= 15 is 0 Å². The molecule has 164 valence electrons. The Morgan fingerprint density at radius 3 is 2.48 bits per heavy atom. The zero-order valence-corrected chi connectivity index (χ0v) is 16.5. The van der Waals surface area contributed by atoms with Crippen LogP contribution in [0.25, 0.3) is 10.9 Å². The number of carbonyl (C=O) groups is 1. The number of halogens is 4. The van der Waals surface area contributed by atoms with Crippen LogP contribution in [0.1, 0.15) is 27.7 Å². The van der Waals surface area contributed by atoms with Crippen LogP contribution in [-0.4, -0.2) is 48.6 Å². The third-order valence-corrected chi connectivity index (χ3v) is 5.42. The molecule has 1 aromatic heterocycles. The van der Waals surface area contributed by atoms with Gasteiger partial charge in [-0.1, -0.05) is 18.2 Å². The number of rotatable bonds is 5. The SMILES string of the molecule is O=C(NCC(c1ccc(C(F)(F)F)cc1)N1CCOCC1)c1cc2c(F)cccc2[nH]1. The Morgan fingerprint density at radius 1 is 1.13 bits per heavy atom. The van der Waals surface area contributed by atoms with Crippen molar-refractivity contribution >= 4 is 16.8 Å². The van der Waals surface area contributed by atoms with Gasteiger partial charge in [0.25, 0.3) is 5.91 Å². The summed E-state index contributed by atoms with van der Waals surface area (Å²) in [5.41, 5.74) is 0.671. The van der Waals surface area contributed by atoms with E-state index in [9.17, 15) is 22.4 Å². The molecule has 0 bridgehead atoms. The maximum Gasteiger partial charge on any atom is 0.416 e. The minimum Gasteiger partial charge on any atom is -0.379 e. The molecule has 0 aliphatic carbocycles. The number of aromatic nitrogens is 1. The number of hydrogen-bond acceptors (Lipinski definition) is 3. The van der Waals surface area contributed by atoms with Crippen molar-refractivity contribution in [1.29, 1.82) is 0 Å².